The summed E-state index contributed by atoms with van der Waals surface area (Å²) in [6, 6.07) is 5.56. The highest BCUT2D eigenvalue weighted by Crippen LogP contribution is 2.24. The van der Waals surface area contributed by atoms with Gasteiger partial charge in [-0.15, -0.1) is 0 Å². The van der Waals surface area contributed by atoms with Gasteiger partial charge in [0.1, 0.15) is 4.83 Å². The van der Waals surface area contributed by atoms with E-state index in [1.807, 2.05) is 12.1 Å². The summed E-state index contributed by atoms with van der Waals surface area (Å²) in [5, 5.41) is 0.650. The quantitative estimate of drug-likeness (QED) is 0.592. The highest BCUT2D eigenvalue weighted by atomic mass is 79.9. The Hall–Kier alpha value is -0.0600. The summed E-state index contributed by atoms with van der Waals surface area (Å²) >= 11 is 12.7. The van der Waals surface area contributed by atoms with Crippen molar-refractivity contribution in [2.24, 2.45) is 0 Å². The summed E-state index contributed by atoms with van der Waals surface area (Å²) in [6.45, 7) is 2.16. The third-order valence-corrected chi connectivity index (χ3v) is 3.51. The Bertz CT molecular complexity index is 382. The molecule has 1 aromatic carbocycles. The van der Waals surface area contributed by atoms with Gasteiger partial charge >= 0.3 is 5.97 Å². The molecule has 0 aliphatic heterocycles. The number of ether oxygens (including phenoxy) is 1. The Morgan fingerprint density at radius 2 is 2.25 bits per heavy atom. The zero-order chi connectivity index (χ0) is 12.1. The van der Waals surface area contributed by atoms with Crippen LogP contribution in [0, 0.1) is 0 Å². The lowest BCUT2D eigenvalue weighted by Crippen LogP contribution is -2.19. The van der Waals surface area contributed by atoms with Crippen LogP contribution >= 0.6 is 43.5 Å². The van der Waals surface area contributed by atoms with Crippen molar-refractivity contribution < 1.29 is 9.53 Å². The number of halogens is 3. The van der Waals surface area contributed by atoms with Gasteiger partial charge in [0.2, 0.25) is 0 Å². The monoisotopic (exact) mass is 368 g/mol. The van der Waals surface area contributed by atoms with E-state index in [9.17, 15) is 4.79 Å². The number of carbonyl (C=O) groups excluding carboxylic acids is 1. The first-order chi connectivity index (χ1) is 7.54. The van der Waals surface area contributed by atoms with Crippen molar-refractivity contribution in [3.8, 4) is 0 Å². The van der Waals surface area contributed by atoms with E-state index in [1.165, 1.54) is 0 Å². The molecule has 0 fully saturated rings. The molecular formula is C11H11Br2ClO2. The molecule has 0 bridgehead atoms. The highest BCUT2D eigenvalue weighted by Gasteiger charge is 2.17. The lowest BCUT2D eigenvalue weighted by atomic mass is 10.1. The van der Waals surface area contributed by atoms with Crippen molar-refractivity contribution in [3.05, 3.63) is 33.3 Å². The molecule has 2 nitrogen and oxygen atoms in total. The SMILES string of the molecule is CCOC(=O)C(Br)Cc1cc(Br)ccc1Cl. The predicted molar refractivity (Wildman–Crippen MR) is 72.2 cm³/mol. The molecule has 88 valence electrons. The smallest absolute Gasteiger partial charge is 0.320 e. The fourth-order valence-electron chi connectivity index (χ4n) is 1.21. The topological polar surface area (TPSA) is 26.3 Å². The van der Waals surface area contributed by atoms with Gasteiger partial charge in [0.25, 0.3) is 0 Å². The van der Waals surface area contributed by atoms with Crippen LogP contribution in [-0.4, -0.2) is 17.4 Å². The van der Waals surface area contributed by atoms with Gasteiger partial charge in [-0.1, -0.05) is 43.5 Å². The molecule has 0 amide bonds. The number of rotatable bonds is 4. The van der Waals surface area contributed by atoms with Gasteiger partial charge in [0.05, 0.1) is 6.61 Å². The Labute approximate surface area is 117 Å². The highest BCUT2D eigenvalue weighted by molar-refractivity contribution is 9.10. The van der Waals surface area contributed by atoms with E-state index >= 15 is 0 Å². The minimum absolute atomic E-state index is 0.265. The van der Waals surface area contributed by atoms with Crippen LogP contribution in [0.15, 0.2) is 22.7 Å². The van der Waals surface area contributed by atoms with E-state index in [1.54, 1.807) is 13.0 Å². The first-order valence-electron chi connectivity index (χ1n) is 4.79. The van der Waals surface area contributed by atoms with Crippen LogP contribution in [0.25, 0.3) is 0 Å². The van der Waals surface area contributed by atoms with Crippen molar-refractivity contribution >= 4 is 49.4 Å². The number of hydrogen-bond acceptors (Lipinski definition) is 2. The van der Waals surface area contributed by atoms with Gasteiger partial charge in [-0.05, 0) is 37.1 Å². The van der Waals surface area contributed by atoms with E-state index in [-0.39, 0.29) is 10.8 Å². The molecule has 1 rings (SSSR count). The van der Waals surface area contributed by atoms with Crippen LogP contribution in [0.3, 0.4) is 0 Å². The molecule has 0 spiro atoms. The maximum absolute atomic E-state index is 11.4. The molecule has 0 aliphatic carbocycles. The Kier molecular flexibility index (Phi) is 5.79. The Balaban J connectivity index is 2.72. The van der Waals surface area contributed by atoms with E-state index < -0.39 is 0 Å². The maximum Gasteiger partial charge on any atom is 0.320 e. The van der Waals surface area contributed by atoms with E-state index in [2.05, 4.69) is 31.9 Å². The van der Waals surface area contributed by atoms with Crippen molar-refractivity contribution in [2.75, 3.05) is 6.61 Å². The first kappa shape index (κ1) is 14.0. The molecule has 1 aromatic rings. The molecule has 1 atom stereocenters. The standard InChI is InChI=1S/C11H11Br2ClO2/c1-2-16-11(15)9(13)6-7-5-8(12)3-4-10(7)14/h3-5,9H,2,6H2,1H3. The van der Waals surface area contributed by atoms with Gasteiger partial charge in [-0.3, -0.25) is 4.79 Å². The van der Waals surface area contributed by atoms with Crippen LogP contribution in [0.2, 0.25) is 5.02 Å². The largest absolute Gasteiger partial charge is 0.465 e. The molecule has 1 unspecified atom stereocenters. The zero-order valence-corrected chi connectivity index (χ0v) is 12.6. The lowest BCUT2D eigenvalue weighted by Gasteiger charge is -2.10. The number of benzene rings is 1. The second-order valence-corrected chi connectivity index (χ2v) is 5.59. The first-order valence-corrected chi connectivity index (χ1v) is 6.88. The van der Waals surface area contributed by atoms with E-state index in [0.717, 1.165) is 10.0 Å². The van der Waals surface area contributed by atoms with Crippen molar-refractivity contribution in [1.29, 1.82) is 0 Å². The van der Waals surface area contributed by atoms with E-state index in [4.69, 9.17) is 16.3 Å². The van der Waals surface area contributed by atoms with Crippen LogP contribution in [-0.2, 0) is 16.0 Å². The van der Waals surface area contributed by atoms with Crippen LogP contribution < -0.4 is 0 Å². The van der Waals surface area contributed by atoms with Gasteiger partial charge in [0, 0.05) is 9.50 Å². The summed E-state index contributed by atoms with van der Waals surface area (Å²) in [5.74, 6) is -0.265. The second-order valence-electron chi connectivity index (χ2n) is 3.16. The van der Waals surface area contributed by atoms with Gasteiger partial charge in [-0.25, -0.2) is 0 Å². The molecule has 0 saturated heterocycles. The summed E-state index contributed by atoms with van der Waals surface area (Å²) in [6.07, 6.45) is 0.511. The Morgan fingerprint density at radius 1 is 1.56 bits per heavy atom. The second kappa shape index (κ2) is 6.62. The molecule has 16 heavy (non-hydrogen) atoms. The van der Waals surface area contributed by atoms with Crippen molar-refractivity contribution in [2.45, 2.75) is 18.2 Å². The van der Waals surface area contributed by atoms with Crippen LogP contribution in [0.5, 0.6) is 0 Å². The number of alkyl halides is 1. The normalized spacial score (nSPS) is 12.2. The third-order valence-electron chi connectivity index (χ3n) is 1.95. The molecule has 0 radical (unpaired) electrons. The van der Waals surface area contributed by atoms with Crippen molar-refractivity contribution in [1.82, 2.24) is 0 Å². The lowest BCUT2D eigenvalue weighted by molar-refractivity contribution is -0.142. The molecule has 5 heteroatoms. The molecular weight excluding hydrogens is 359 g/mol. The number of esters is 1. The number of hydrogen-bond donors (Lipinski definition) is 0. The molecule has 0 aliphatic rings. The molecule has 0 heterocycles. The summed E-state index contributed by atoms with van der Waals surface area (Å²) in [4.78, 5) is 11.1. The van der Waals surface area contributed by atoms with Gasteiger partial charge < -0.3 is 4.74 Å². The van der Waals surface area contributed by atoms with Crippen LogP contribution in [0.4, 0.5) is 0 Å². The van der Waals surface area contributed by atoms with E-state index in [0.29, 0.717) is 18.1 Å². The maximum atomic E-state index is 11.4. The fourth-order valence-corrected chi connectivity index (χ4v) is 2.29. The minimum atomic E-state index is -0.362. The minimum Gasteiger partial charge on any atom is -0.465 e. The van der Waals surface area contributed by atoms with Crippen molar-refractivity contribution in [3.63, 3.8) is 0 Å². The number of carbonyl (C=O) groups is 1. The Morgan fingerprint density at radius 3 is 2.88 bits per heavy atom. The fraction of sp³-hybridized carbons (Fsp3) is 0.364. The molecule has 0 aromatic heterocycles. The summed E-state index contributed by atoms with van der Waals surface area (Å²) < 4.78 is 5.85. The zero-order valence-electron chi connectivity index (χ0n) is 8.67. The summed E-state index contributed by atoms with van der Waals surface area (Å²) in [5.41, 5.74) is 0.908. The van der Waals surface area contributed by atoms with Gasteiger partial charge in [0.15, 0.2) is 0 Å². The summed E-state index contributed by atoms with van der Waals surface area (Å²) in [7, 11) is 0. The third kappa shape index (κ3) is 4.07. The van der Waals surface area contributed by atoms with Gasteiger partial charge in [-0.2, -0.15) is 0 Å². The molecule has 0 saturated carbocycles. The molecule has 0 N–H and O–H groups in total. The predicted octanol–water partition coefficient (Wildman–Crippen LogP) is 3.97. The average molecular weight is 370 g/mol. The average Bonchev–Trinajstić information content (AvgIpc) is 2.23. The van der Waals surface area contributed by atoms with Crippen LogP contribution in [0.1, 0.15) is 12.5 Å².